The molecule has 0 radical (unpaired) electrons. The van der Waals surface area contributed by atoms with E-state index in [1.54, 1.807) is 12.1 Å². The first kappa shape index (κ1) is 20.3. The number of nitrogens with zero attached hydrogens (tertiary/aromatic N) is 3. The Morgan fingerprint density at radius 3 is 2.61 bits per heavy atom. The van der Waals surface area contributed by atoms with Crippen molar-refractivity contribution in [2.45, 2.75) is 26.9 Å². The van der Waals surface area contributed by atoms with Crippen molar-refractivity contribution in [1.29, 1.82) is 0 Å². The second-order valence-corrected chi connectivity index (χ2v) is 7.29. The Morgan fingerprint density at radius 1 is 1.06 bits per heavy atom. The van der Waals surface area contributed by atoms with Crippen molar-refractivity contribution >= 4 is 23.5 Å². The highest BCUT2D eigenvalue weighted by atomic mass is 16.6. The molecule has 2 aromatic heterocycles. The summed E-state index contributed by atoms with van der Waals surface area (Å²) in [5, 5.41) is 11.4. The molecular weight excluding hydrogens is 390 g/mol. The topological polar surface area (TPSA) is 69.7 Å². The fraction of sp³-hybridized carbons (Fsp3) is 0.160. The third-order valence-corrected chi connectivity index (χ3v) is 5.23. The number of fused-ring (bicyclic) bond motifs is 1. The maximum atomic E-state index is 11.4. The Morgan fingerprint density at radius 2 is 1.87 bits per heavy atom. The number of nitro benzene ring substituents is 1. The largest absolute Gasteiger partial charge is 0.482 e. The van der Waals surface area contributed by atoms with Crippen molar-refractivity contribution in [1.82, 2.24) is 9.38 Å². The van der Waals surface area contributed by atoms with Crippen LogP contribution < -0.4 is 4.74 Å². The molecule has 0 unspecified atom stereocenters. The third kappa shape index (κ3) is 4.48. The zero-order chi connectivity index (χ0) is 21.8. The van der Waals surface area contributed by atoms with Gasteiger partial charge in [-0.1, -0.05) is 43.3 Å². The lowest BCUT2D eigenvalue weighted by molar-refractivity contribution is -0.385. The molecule has 0 saturated heterocycles. The first-order valence-electron chi connectivity index (χ1n) is 10.2. The zero-order valence-electron chi connectivity index (χ0n) is 17.5. The number of aryl methyl sites for hydroxylation is 2. The monoisotopic (exact) mass is 413 g/mol. The highest BCUT2D eigenvalue weighted by Crippen LogP contribution is 2.29. The van der Waals surface area contributed by atoms with E-state index in [9.17, 15) is 10.1 Å². The van der Waals surface area contributed by atoms with E-state index in [1.165, 1.54) is 11.6 Å². The standard InChI is InChI=1S/C25H23N3O3/c1-3-19-13-14-27-18(2)22(26-25(27)16-19)11-9-20-10-12-23(28(29)30)24(15-20)31-17-21-7-5-4-6-8-21/h4-16H,3,17H2,1-2H3/b11-9+. The quantitative estimate of drug-likeness (QED) is 0.281. The van der Waals surface area contributed by atoms with Gasteiger partial charge in [0.25, 0.3) is 0 Å². The number of imidazole rings is 1. The Hall–Kier alpha value is -3.93. The van der Waals surface area contributed by atoms with Crippen LogP contribution in [0.2, 0.25) is 0 Å². The molecule has 6 heteroatoms. The highest BCUT2D eigenvalue weighted by molar-refractivity contribution is 5.72. The number of nitro groups is 1. The van der Waals surface area contributed by atoms with Gasteiger partial charge >= 0.3 is 5.69 Å². The van der Waals surface area contributed by atoms with Crippen LogP contribution in [-0.2, 0) is 13.0 Å². The normalized spacial score (nSPS) is 11.3. The minimum absolute atomic E-state index is 0.0518. The summed E-state index contributed by atoms with van der Waals surface area (Å²) in [5.41, 5.74) is 5.75. The van der Waals surface area contributed by atoms with Gasteiger partial charge in [-0.25, -0.2) is 4.98 Å². The molecule has 0 N–H and O–H groups in total. The lowest BCUT2D eigenvalue weighted by Crippen LogP contribution is -1.99. The third-order valence-electron chi connectivity index (χ3n) is 5.23. The number of hydrogen-bond acceptors (Lipinski definition) is 4. The van der Waals surface area contributed by atoms with Crippen molar-refractivity contribution in [3.63, 3.8) is 0 Å². The average Bonchev–Trinajstić information content (AvgIpc) is 3.11. The van der Waals surface area contributed by atoms with E-state index in [2.05, 4.69) is 23.5 Å². The Kier molecular flexibility index (Phi) is 5.80. The molecule has 0 amide bonds. The molecular formula is C25H23N3O3. The predicted molar refractivity (Wildman–Crippen MR) is 122 cm³/mol. The van der Waals surface area contributed by atoms with E-state index >= 15 is 0 Å². The van der Waals surface area contributed by atoms with Crippen LogP contribution in [0.4, 0.5) is 5.69 Å². The maximum absolute atomic E-state index is 11.4. The smallest absolute Gasteiger partial charge is 0.310 e. The Labute approximate surface area is 180 Å². The molecule has 0 spiro atoms. The van der Waals surface area contributed by atoms with Crippen LogP contribution >= 0.6 is 0 Å². The van der Waals surface area contributed by atoms with E-state index in [0.717, 1.165) is 34.6 Å². The Balaban J connectivity index is 1.61. The van der Waals surface area contributed by atoms with Gasteiger partial charge in [-0.15, -0.1) is 0 Å². The van der Waals surface area contributed by atoms with Crippen LogP contribution in [0.1, 0.15) is 35.0 Å². The van der Waals surface area contributed by atoms with Crippen LogP contribution in [0.3, 0.4) is 0 Å². The molecule has 0 atom stereocenters. The van der Waals surface area contributed by atoms with E-state index < -0.39 is 4.92 Å². The second kappa shape index (κ2) is 8.83. The SMILES string of the molecule is CCc1ccn2c(C)c(/C=C/c3ccc([N+](=O)[O-])c(OCc4ccccc4)c3)nc2c1. The van der Waals surface area contributed by atoms with E-state index in [1.807, 2.05) is 55.6 Å². The number of benzene rings is 2. The summed E-state index contributed by atoms with van der Waals surface area (Å²) >= 11 is 0. The summed E-state index contributed by atoms with van der Waals surface area (Å²) in [6, 6.07) is 18.7. The molecule has 4 rings (SSSR count). The molecule has 6 nitrogen and oxygen atoms in total. The van der Waals surface area contributed by atoms with Gasteiger partial charge in [0, 0.05) is 18.0 Å². The maximum Gasteiger partial charge on any atom is 0.310 e. The summed E-state index contributed by atoms with van der Waals surface area (Å²) in [7, 11) is 0. The fourth-order valence-corrected chi connectivity index (χ4v) is 3.42. The first-order valence-corrected chi connectivity index (χ1v) is 10.2. The Bertz CT molecular complexity index is 1260. The number of pyridine rings is 1. The second-order valence-electron chi connectivity index (χ2n) is 7.29. The lowest BCUT2D eigenvalue weighted by Gasteiger charge is -2.08. The molecule has 31 heavy (non-hydrogen) atoms. The molecule has 0 bridgehead atoms. The van der Waals surface area contributed by atoms with Crippen molar-refractivity contribution in [2.24, 2.45) is 0 Å². The van der Waals surface area contributed by atoms with Gasteiger partial charge in [-0.3, -0.25) is 10.1 Å². The zero-order valence-corrected chi connectivity index (χ0v) is 17.5. The molecule has 0 aliphatic carbocycles. The molecule has 0 saturated carbocycles. The van der Waals surface area contributed by atoms with E-state index in [4.69, 9.17) is 9.72 Å². The van der Waals surface area contributed by atoms with Crippen LogP contribution in [-0.4, -0.2) is 14.3 Å². The van der Waals surface area contributed by atoms with Crippen molar-refractivity contribution in [3.05, 3.63) is 105 Å². The van der Waals surface area contributed by atoms with Gasteiger partial charge < -0.3 is 9.14 Å². The number of aromatic nitrogens is 2. The number of rotatable bonds is 7. The summed E-state index contributed by atoms with van der Waals surface area (Å²) < 4.78 is 7.84. The van der Waals surface area contributed by atoms with Gasteiger partial charge in [-0.2, -0.15) is 0 Å². The summed E-state index contributed by atoms with van der Waals surface area (Å²) in [4.78, 5) is 15.7. The van der Waals surface area contributed by atoms with Crippen LogP contribution in [0.25, 0.3) is 17.8 Å². The lowest BCUT2D eigenvalue weighted by atomic mass is 10.1. The van der Waals surface area contributed by atoms with Gasteiger partial charge in [0.2, 0.25) is 0 Å². The minimum Gasteiger partial charge on any atom is -0.482 e. The molecule has 0 aliphatic heterocycles. The van der Waals surface area contributed by atoms with Crippen molar-refractivity contribution < 1.29 is 9.66 Å². The molecule has 2 aromatic carbocycles. The summed E-state index contributed by atoms with van der Waals surface area (Å²) in [6.07, 6.45) is 6.82. The summed E-state index contributed by atoms with van der Waals surface area (Å²) in [5.74, 6) is 0.246. The van der Waals surface area contributed by atoms with Gasteiger partial charge in [-0.05, 0) is 60.4 Å². The van der Waals surface area contributed by atoms with Crippen LogP contribution in [0, 0.1) is 17.0 Å². The van der Waals surface area contributed by atoms with Gasteiger partial charge in [0.1, 0.15) is 12.3 Å². The van der Waals surface area contributed by atoms with E-state index in [0.29, 0.717) is 0 Å². The summed E-state index contributed by atoms with van der Waals surface area (Å²) in [6.45, 7) is 4.41. The minimum atomic E-state index is -0.425. The van der Waals surface area contributed by atoms with Crippen molar-refractivity contribution in [3.8, 4) is 5.75 Å². The number of hydrogen-bond donors (Lipinski definition) is 0. The molecule has 0 fully saturated rings. The van der Waals surface area contributed by atoms with Crippen LogP contribution in [0.15, 0.2) is 66.9 Å². The molecule has 2 heterocycles. The van der Waals surface area contributed by atoms with Gasteiger partial charge in [0.05, 0.1) is 10.6 Å². The number of ether oxygens (including phenoxy) is 1. The molecule has 0 aliphatic rings. The van der Waals surface area contributed by atoms with Gasteiger partial charge in [0.15, 0.2) is 5.75 Å². The highest BCUT2D eigenvalue weighted by Gasteiger charge is 2.15. The van der Waals surface area contributed by atoms with Crippen LogP contribution in [0.5, 0.6) is 5.75 Å². The average molecular weight is 413 g/mol. The molecule has 156 valence electrons. The van der Waals surface area contributed by atoms with E-state index in [-0.39, 0.29) is 18.0 Å². The molecule has 4 aromatic rings. The predicted octanol–water partition coefficient (Wildman–Crippen LogP) is 5.86. The van der Waals surface area contributed by atoms with Crippen molar-refractivity contribution in [2.75, 3.05) is 0 Å². The fourth-order valence-electron chi connectivity index (χ4n) is 3.42. The first-order chi connectivity index (χ1) is 15.0.